The van der Waals surface area contributed by atoms with E-state index in [1.54, 1.807) is 23.9 Å². The van der Waals surface area contributed by atoms with Crippen molar-refractivity contribution < 1.29 is 17.9 Å². The topological polar surface area (TPSA) is 81.9 Å². The molecule has 0 saturated carbocycles. The molecule has 21 heavy (non-hydrogen) atoms. The fourth-order valence-corrected chi connectivity index (χ4v) is 5.18. The molecule has 0 radical (unpaired) electrons. The first-order valence-corrected chi connectivity index (χ1v) is 9.54. The highest BCUT2D eigenvalue weighted by Crippen LogP contribution is 2.39. The predicted molar refractivity (Wildman–Crippen MR) is 87.3 cm³/mol. The SMILES string of the molecule is COc1cc(N)c(N2CCSCC2S(C)(=O)=O)cc1OC. The highest BCUT2D eigenvalue weighted by molar-refractivity contribution is 8.01. The van der Waals surface area contributed by atoms with Crippen molar-refractivity contribution in [3.63, 3.8) is 0 Å². The first-order chi connectivity index (χ1) is 9.88. The van der Waals surface area contributed by atoms with E-state index in [9.17, 15) is 8.42 Å². The second-order valence-electron chi connectivity index (χ2n) is 4.82. The number of ether oxygens (including phenoxy) is 2. The predicted octanol–water partition coefficient (Wildman–Crippen LogP) is 1.21. The monoisotopic (exact) mass is 332 g/mol. The van der Waals surface area contributed by atoms with Crippen LogP contribution in [-0.2, 0) is 9.84 Å². The Labute approximate surface area is 129 Å². The van der Waals surface area contributed by atoms with Crippen LogP contribution < -0.4 is 20.1 Å². The van der Waals surface area contributed by atoms with Crippen molar-refractivity contribution in [2.45, 2.75) is 5.37 Å². The molecule has 0 aliphatic carbocycles. The van der Waals surface area contributed by atoms with Crippen LogP contribution in [0.3, 0.4) is 0 Å². The summed E-state index contributed by atoms with van der Waals surface area (Å²) in [6, 6.07) is 3.40. The fraction of sp³-hybridized carbons (Fsp3) is 0.538. The van der Waals surface area contributed by atoms with Crippen LogP contribution in [0.1, 0.15) is 0 Å². The van der Waals surface area contributed by atoms with Crippen LogP contribution in [-0.4, -0.2) is 52.3 Å². The summed E-state index contributed by atoms with van der Waals surface area (Å²) >= 11 is 1.63. The number of sulfone groups is 1. The van der Waals surface area contributed by atoms with Gasteiger partial charge in [-0.25, -0.2) is 8.42 Å². The zero-order valence-electron chi connectivity index (χ0n) is 12.3. The molecule has 1 saturated heterocycles. The molecule has 1 aromatic rings. The number of nitrogens with two attached hydrogens (primary N) is 1. The number of thioether (sulfide) groups is 1. The minimum absolute atomic E-state index is 0.480. The van der Waals surface area contributed by atoms with Crippen LogP contribution >= 0.6 is 11.8 Å². The number of benzene rings is 1. The zero-order valence-corrected chi connectivity index (χ0v) is 14.0. The molecule has 1 fully saturated rings. The van der Waals surface area contributed by atoms with Gasteiger partial charge in [-0.05, 0) is 0 Å². The van der Waals surface area contributed by atoms with E-state index in [-0.39, 0.29) is 0 Å². The van der Waals surface area contributed by atoms with Gasteiger partial charge in [0.2, 0.25) is 0 Å². The molecule has 1 aromatic carbocycles. The van der Waals surface area contributed by atoms with Gasteiger partial charge in [-0.2, -0.15) is 11.8 Å². The van der Waals surface area contributed by atoms with Crippen LogP contribution in [0, 0.1) is 0 Å². The molecule has 8 heteroatoms. The van der Waals surface area contributed by atoms with Gasteiger partial charge in [0.05, 0.1) is 25.6 Å². The third-order valence-corrected chi connectivity index (χ3v) is 6.06. The maximum atomic E-state index is 12.0. The van der Waals surface area contributed by atoms with Gasteiger partial charge in [-0.3, -0.25) is 0 Å². The molecular formula is C13H20N2O4S2. The molecule has 2 N–H and O–H groups in total. The average Bonchev–Trinajstić information content (AvgIpc) is 2.46. The number of anilines is 2. The van der Waals surface area contributed by atoms with Gasteiger partial charge in [-0.1, -0.05) is 0 Å². The Kier molecular flexibility index (Phi) is 4.77. The molecule has 2 rings (SSSR count). The van der Waals surface area contributed by atoms with E-state index in [4.69, 9.17) is 15.2 Å². The van der Waals surface area contributed by atoms with Crippen LogP contribution in [0.4, 0.5) is 11.4 Å². The molecule has 6 nitrogen and oxygen atoms in total. The van der Waals surface area contributed by atoms with Crippen LogP contribution in [0.25, 0.3) is 0 Å². The highest BCUT2D eigenvalue weighted by Gasteiger charge is 2.32. The van der Waals surface area contributed by atoms with Gasteiger partial charge in [0, 0.05) is 36.4 Å². The summed E-state index contributed by atoms with van der Waals surface area (Å²) in [5.74, 6) is 2.46. The highest BCUT2D eigenvalue weighted by atomic mass is 32.2. The molecule has 1 heterocycles. The van der Waals surface area contributed by atoms with Crippen molar-refractivity contribution in [3.05, 3.63) is 12.1 Å². The molecule has 1 atom stereocenters. The first kappa shape index (κ1) is 16.1. The van der Waals surface area contributed by atoms with Gasteiger partial charge >= 0.3 is 0 Å². The smallest absolute Gasteiger partial charge is 0.169 e. The third kappa shape index (κ3) is 3.32. The normalized spacial score (nSPS) is 19.4. The third-order valence-electron chi connectivity index (χ3n) is 3.42. The van der Waals surface area contributed by atoms with Crippen LogP contribution in [0.2, 0.25) is 0 Å². The Morgan fingerprint density at radius 3 is 2.48 bits per heavy atom. The average molecular weight is 332 g/mol. The lowest BCUT2D eigenvalue weighted by Crippen LogP contribution is -2.47. The first-order valence-electron chi connectivity index (χ1n) is 6.43. The van der Waals surface area contributed by atoms with E-state index in [0.717, 1.165) is 5.75 Å². The lowest BCUT2D eigenvalue weighted by atomic mass is 10.2. The van der Waals surface area contributed by atoms with Gasteiger partial charge in [0.25, 0.3) is 0 Å². The molecule has 1 aliphatic rings. The van der Waals surface area contributed by atoms with Gasteiger partial charge in [0.1, 0.15) is 5.37 Å². The van der Waals surface area contributed by atoms with E-state index in [0.29, 0.717) is 35.2 Å². The van der Waals surface area contributed by atoms with E-state index < -0.39 is 15.2 Å². The second-order valence-corrected chi connectivity index (χ2v) is 8.17. The summed E-state index contributed by atoms with van der Waals surface area (Å²) in [6.07, 6.45) is 1.26. The van der Waals surface area contributed by atoms with Crippen LogP contribution in [0.5, 0.6) is 11.5 Å². The number of methoxy groups -OCH3 is 2. The minimum atomic E-state index is -3.20. The maximum Gasteiger partial charge on any atom is 0.169 e. The maximum absolute atomic E-state index is 12.0. The zero-order chi connectivity index (χ0) is 15.6. The summed E-state index contributed by atoms with van der Waals surface area (Å²) in [6.45, 7) is 0.627. The van der Waals surface area contributed by atoms with Crippen molar-refractivity contribution in [2.24, 2.45) is 0 Å². The van der Waals surface area contributed by atoms with Crippen molar-refractivity contribution in [1.29, 1.82) is 0 Å². The quantitative estimate of drug-likeness (QED) is 0.830. The Morgan fingerprint density at radius 1 is 1.29 bits per heavy atom. The fourth-order valence-electron chi connectivity index (χ4n) is 2.34. The standard InChI is InChI=1S/C13H20N2O4S2/c1-18-11-6-9(14)10(7-12(11)19-2)15-4-5-20-8-13(15)21(3,16)17/h6-7,13H,4-5,8,14H2,1-3H3. The molecule has 0 aromatic heterocycles. The van der Waals surface area contributed by atoms with E-state index in [1.165, 1.54) is 20.5 Å². The second kappa shape index (κ2) is 6.23. The summed E-state index contributed by atoms with van der Waals surface area (Å²) < 4.78 is 34.5. The number of nitrogen functional groups attached to an aromatic ring is 1. The van der Waals surface area contributed by atoms with Crippen molar-refractivity contribution in [2.75, 3.05) is 49.2 Å². The molecule has 0 amide bonds. The number of hydrogen-bond donors (Lipinski definition) is 1. The van der Waals surface area contributed by atoms with E-state index in [1.807, 2.05) is 4.90 Å². The van der Waals surface area contributed by atoms with E-state index in [2.05, 4.69) is 0 Å². The van der Waals surface area contributed by atoms with Crippen molar-refractivity contribution in [3.8, 4) is 11.5 Å². The Morgan fingerprint density at radius 2 is 1.90 bits per heavy atom. The van der Waals surface area contributed by atoms with Crippen molar-refractivity contribution >= 4 is 33.0 Å². The molecular weight excluding hydrogens is 312 g/mol. The minimum Gasteiger partial charge on any atom is -0.493 e. The van der Waals surface area contributed by atoms with Gasteiger partial charge < -0.3 is 20.1 Å². The van der Waals surface area contributed by atoms with Crippen LogP contribution in [0.15, 0.2) is 12.1 Å². The summed E-state index contributed by atoms with van der Waals surface area (Å²) in [5, 5.41) is -0.573. The molecule has 0 spiro atoms. The Hall–Kier alpha value is -1.28. The molecule has 0 bridgehead atoms. The van der Waals surface area contributed by atoms with Crippen molar-refractivity contribution in [1.82, 2.24) is 0 Å². The summed E-state index contributed by atoms with van der Waals surface area (Å²) in [7, 11) is -0.123. The lowest BCUT2D eigenvalue weighted by Gasteiger charge is -2.36. The largest absolute Gasteiger partial charge is 0.493 e. The Bertz CT molecular complexity index is 619. The van der Waals surface area contributed by atoms with Gasteiger partial charge in [0.15, 0.2) is 21.3 Å². The molecule has 1 unspecified atom stereocenters. The molecule has 1 aliphatic heterocycles. The number of nitrogens with zero attached hydrogens (tertiary/aromatic N) is 1. The Balaban J connectivity index is 2.48. The summed E-state index contributed by atoms with van der Waals surface area (Å²) in [4.78, 5) is 1.84. The number of hydrogen-bond acceptors (Lipinski definition) is 7. The summed E-state index contributed by atoms with van der Waals surface area (Å²) in [5.41, 5.74) is 7.23. The lowest BCUT2D eigenvalue weighted by molar-refractivity contribution is 0.355. The molecule has 118 valence electrons. The van der Waals surface area contributed by atoms with Gasteiger partial charge in [-0.15, -0.1) is 0 Å². The van der Waals surface area contributed by atoms with E-state index >= 15 is 0 Å². The number of rotatable bonds is 4.